The van der Waals surface area contributed by atoms with Crippen LogP contribution < -0.4 is 10.6 Å². The number of fused-ring (bicyclic) bond motifs is 1. The number of carbonyl (C=O) groups excluding carboxylic acids is 1. The number of nitrogens with one attached hydrogen (secondary N) is 2. The molecule has 1 amide bonds. The van der Waals surface area contributed by atoms with Gasteiger partial charge in [-0.15, -0.1) is 0 Å². The Balaban J connectivity index is 1.41. The molecule has 2 N–H and O–H groups in total. The minimum atomic E-state index is 0.0847. The number of halogens is 1. The van der Waals surface area contributed by atoms with Crippen molar-refractivity contribution in [2.24, 2.45) is 5.92 Å². The highest BCUT2D eigenvalue weighted by atomic mass is 35.5. The number of nitrogens with zero attached hydrogens (tertiary/aromatic N) is 3. The maximum atomic E-state index is 13.5. The molecule has 0 unspecified atom stereocenters. The van der Waals surface area contributed by atoms with Gasteiger partial charge >= 0.3 is 0 Å². The van der Waals surface area contributed by atoms with Gasteiger partial charge < -0.3 is 20.1 Å². The fraction of sp³-hybridized carbons (Fsp3) is 0.360. The first-order chi connectivity index (χ1) is 15.7. The average Bonchev–Trinajstić information content (AvgIpc) is 3.57. The Labute approximate surface area is 193 Å². The first-order valence-corrected chi connectivity index (χ1v) is 11.7. The smallest absolute Gasteiger partial charge is 0.274 e. The molecule has 1 aliphatic heterocycles. The Morgan fingerprint density at radius 2 is 1.88 bits per heavy atom. The molecule has 2 aromatic carbocycles. The molecule has 0 saturated heterocycles. The van der Waals surface area contributed by atoms with Crippen LogP contribution in [0.2, 0.25) is 5.02 Å². The Bertz CT molecular complexity index is 1090. The third-order valence-electron chi connectivity index (χ3n) is 6.07. The number of carbonyl (C=O) groups is 1. The molecule has 1 aromatic heterocycles. The van der Waals surface area contributed by atoms with Gasteiger partial charge in [-0.3, -0.25) is 4.79 Å². The van der Waals surface area contributed by atoms with Crippen molar-refractivity contribution in [3.8, 4) is 0 Å². The van der Waals surface area contributed by atoms with Crippen molar-refractivity contribution in [2.75, 3.05) is 25.0 Å². The maximum absolute atomic E-state index is 13.5. The van der Waals surface area contributed by atoms with Gasteiger partial charge in [0.15, 0.2) is 11.5 Å². The molecule has 1 fully saturated rings. The van der Waals surface area contributed by atoms with Crippen LogP contribution in [-0.4, -0.2) is 40.0 Å². The quantitative estimate of drug-likeness (QED) is 0.542. The summed E-state index contributed by atoms with van der Waals surface area (Å²) in [7, 11) is 0. The van der Waals surface area contributed by atoms with Gasteiger partial charge in [0.1, 0.15) is 5.82 Å². The summed E-state index contributed by atoms with van der Waals surface area (Å²) in [5.74, 6) is 2.30. The van der Waals surface area contributed by atoms with Gasteiger partial charge in [-0.05, 0) is 42.0 Å². The van der Waals surface area contributed by atoms with Gasteiger partial charge in [-0.2, -0.15) is 0 Å². The van der Waals surface area contributed by atoms with Crippen molar-refractivity contribution in [3.63, 3.8) is 0 Å². The van der Waals surface area contributed by atoms with Crippen LogP contribution in [0, 0.1) is 5.92 Å². The minimum absolute atomic E-state index is 0.0847. The van der Waals surface area contributed by atoms with E-state index >= 15 is 0 Å². The van der Waals surface area contributed by atoms with E-state index in [9.17, 15) is 4.79 Å². The zero-order chi connectivity index (χ0) is 21.9. The third-order valence-corrected chi connectivity index (χ3v) is 6.31. The lowest BCUT2D eigenvalue weighted by Gasteiger charge is -2.21. The largest absolute Gasteiger partial charge is 0.366 e. The fourth-order valence-electron chi connectivity index (χ4n) is 4.22. The molecular formula is C25H28ClN5O. The van der Waals surface area contributed by atoms with E-state index < -0.39 is 0 Å². The van der Waals surface area contributed by atoms with Gasteiger partial charge in [0, 0.05) is 37.7 Å². The summed E-state index contributed by atoms with van der Waals surface area (Å²) in [4.78, 5) is 20.4. The lowest BCUT2D eigenvalue weighted by Crippen LogP contribution is -2.35. The first-order valence-electron chi connectivity index (χ1n) is 11.3. The van der Waals surface area contributed by atoms with Crippen LogP contribution in [0.4, 0.5) is 5.82 Å². The highest BCUT2D eigenvalue weighted by Crippen LogP contribution is 2.31. The maximum Gasteiger partial charge on any atom is 0.274 e. The van der Waals surface area contributed by atoms with Gasteiger partial charge in [0.05, 0.1) is 6.54 Å². The molecule has 6 nitrogen and oxygen atoms in total. The highest BCUT2D eigenvalue weighted by Gasteiger charge is 2.33. The summed E-state index contributed by atoms with van der Waals surface area (Å²) in [6.07, 6.45) is 2.46. The van der Waals surface area contributed by atoms with Crippen LogP contribution in [0.25, 0.3) is 0 Å². The van der Waals surface area contributed by atoms with Gasteiger partial charge in [0.2, 0.25) is 0 Å². The number of hydrogen-bond donors (Lipinski definition) is 2. The van der Waals surface area contributed by atoms with Gasteiger partial charge in [-0.25, -0.2) is 4.98 Å². The summed E-state index contributed by atoms with van der Waals surface area (Å²) >= 11 is 6.12. The van der Waals surface area contributed by atoms with E-state index in [4.69, 9.17) is 16.6 Å². The number of rotatable bonds is 8. The molecule has 32 heavy (non-hydrogen) atoms. The standard InChI is InChI=1S/C25H28ClN5O/c26-21-8-4-7-20(13-21)14-27-15-22-29-24-23(31(22)17-18-5-2-1-3-6-18)25(32)30(12-11-28-24)16-19-9-10-19/h1-8,13,19,27-28H,9-12,14-17H2. The zero-order valence-corrected chi connectivity index (χ0v) is 18.8. The van der Waals surface area contributed by atoms with Gasteiger partial charge in [0.25, 0.3) is 5.91 Å². The normalized spacial score (nSPS) is 15.9. The average molecular weight is 450 g/mol. The molecule has 0 radical (unpaired) electrons. The minimum Gasteiger partial charge on any atom is -0.366 e. The summed E-state index contributed by atoms with van der Waals surface area (Å²) in [6, 6.07) is 18.1. The van der Waals surface area contributed by atoms with Gasteiger partial charge in [-0.1, -0.05) is 54.1 Å². The van der Waals surface area contributed by atoms with Crippen LogP contribution in [0.5, 0.6) is 0 Å². The lowest BCUT2D eigenvalue weighted by molar-refractivity contribution is 0.0749. The summed E-state index contributed by atoms with van der Waals surface area (Å²) in [5.41, 5.74) is 2.94. The van der Waals surface area contributed by atoms with Crippen molar-refractivity contribution >= 4 is 23.3 Å². The summed E-state index contributed by atoms with van der Waals surface area (Å²) in [6.45, 7) is 4.14. The molecule has 3 aromatic rings. The van der Waals surface area contributed by atoms with Crippen LogP contribution in [0.1, 0.15) is 40.3 Å². The molecule has 1 saturated carbocycles. The number of benzene rings is 2. The van der Waals surface area contributed by atoms with E-state index in [1.807, 2.05) is 47.4 Å². The zero-order valence-electron chi connectivity index (χ0n) is 18.1. The molecule has 7 heteroatoms. The van der Waals surface area contributed by atoms with Crippen molar-refractivity contribution in [1.82, 2.24) is 19.8 Å². The molecular weight excluding hydrogens is 422 g/mol. The number of amides is 1. The summed E-state index contributed by atoms with van der Waals surface area (Å²) in [5, 5.41) is 7.60. The molecule has 0 spiro atoms. The molecule has 2 heterocycles. The van der Waals surface area contributed by atoms with Crippen molar-refractivity contribution in [3.05, 3.63) is 82.3 Å². The van der Waals surface area contributed by atoms with E-state index in [2.05, 4.69) is 27.3 Å². The number of hydrogen-bond acceptors (Lipinski definition) is 4. The second kappa shape index (κ2) is 9.35. The monoisotopic (exact) mass is 449 g/mol. The summed E-state index contributed by atoms with van der Waals surface area (Å²) < 4.78 is 2.08. The fourth-order valence-corrected chi connectivity index (χ4v) is 4.44. The van der Waals surface area contributed by atoms with Crippen LogP contribution in [0.15, 0.2) is 54.6 Å². The van der Waals surface area contributed by atoms with E-state index in [0.717, 1.165) is 41.6 Å². The second-order valence-electron chi connectivity index (χ2n) is 8.65. The SMILES string of the molecule is O=C1c2c(nc(CNCc3cccc(Cl)c3)n2Cc2ccccc2)NCCN1CC1CC1. The van der Waals surface area contributed by atoms with Crippen molar-refractivity contribution in [1.29, 1.82) is 0 Å². The van der Waals surface area contributed by atoms with Crippen LogP contribution in [-0.2, 0) is 19.6 Å². The van der Waals surface area contributed by atoms with E-state index in [0.29, 0.717) is 37.1 Å². The van der Waals surface area contributed by atoms with E-state index in [1.165, 1.54) is 12.8 Å². The Morgan fingerprint density at radius 1 is 1.06 bits per heavy atom. The Kier molecular flexibility index (Phi) is 6.14. The Hall–Kier alpha value is -2.83. The van der Waals surface area contributed by atoms with E-state index in [1.54, 1.807) is 0 Å². The number of aromatic nitrogens is 2. The molecule has 166 valence electrons. The highest BCUT2D eigenvalue weighted by molar-refractivity contribution is 6.30. The van der Waals surface area contributed by atoms with Crippen LogP contribution >= 0.6 is 11.6 Å². The third kappa shape index (κ3) is 4.81. The topological polar surface area (TPSA) is 62.2 Å². The van der Waals surface area contributed by atoms with Crippen LogP contribution in [0.3, 0.4) is 0 Å². The molecule has 2 aliphatic rings. The number of anilines is 1. The molecule has 5 rings (SSSR count). The van der Waals surface area contributed by atoms with E-state index in [-0.39, 0.29) is 5.91 Å². The molecule has 1 aliphatic carbocycles. The first kappa shape index (κ1) is 21.0. The predicted molar refractivity (Wildman–Crippen MR) is 127 cm³/mol. The van der Waals surface area contributed by atoms with Crippen molar-refractivity contribution < 1.29 is 4.79 Å². The predicted octanol–water partition coefficient (Wildman–Crippen LogP) is 4.15. The second-order valence-corrected chi connectivity index (χ2v) is 9.09. The molecule has 0 atom stereocenters. The Morgan fingerprint density at radius 3 is 2.66 bits per heavy atom. The number of imidazole rings is 1. The molecule has 0 bridgehead atoms. The van der Waals surface area contributed by atoms with Crippen molar-refractivity contribution in [2.45, 2.75) is 32.5 Å². The lowest BCUT2D eigenvalue weighted by atomic mass is 10.2.